The molecule has 0 spiro atoms. The minimum Gasteiger partial charge on any atom is -0.494 e. The molecular formula is C45H50N2O3. The molecule has 5 heteroatoms. The first-order valence-corrected chi connectivity index (χ1v) is 18.5. The Morgan fingerprint density at radius 1 is 0.500 bits per heavy atom. The van der Waals surface area contributed by atoms with Gasteiger partial charge in [-0.25, -0.2) is 0 Å². The molecule has 0 N–H and O–H groups in total. The van der Waals surface area contributed by atoms with Crippen LogP contribution in [0.15, 0.2) is 146 Å². The zero-order valence-electron chi connectivity index (χ0n) is 29.1. The third-order valence-electron chi connectivity index (χ3n) is 10.2. The van der Waals surface area contributed by atoms with Crippen LogP contribution in [-0.2, 0) is 9.47 Å². The van der Waals surface area contributed by atoms with Crippen LogP contribution >= 0.6 is 0 Å². The molecule has 5 aromatic rings. The Balaban J connectivity index is 0.805. The molecule has 3 atom stereocenters. The van der Waals surface area contributed by atoms with Crippen molar-refractivity contribution in [1.29, 1.82) is 0 Å². The Labute approximate surface area is 298 Å². The van der Waals surface area contributed by atoms with Gasteiger partial charge in [0.05, 0.1) is 6.61 Å². The standard InChI is InChI=1S/C45H50N2O3/c1-5-16-36(17-6-1)42(37-18-7-2-8-19-37)24-13-14-29-46-31-33-47(34-32-46)30-15-35-48-41-27-25-40(26-28-41)45-49-43(38-20-9-3-10-21-38)44(50-45)39-22-11-4-12-23-39/h1-12,16-23,25-28,42-45H,13-15,24,29-35H2/t43-,44+,45?. The number of rotatable bonds is 15. The van der Waals surface area contributed by atoms with Gasteiger partial charge in [0.2, 0.25) is 0 Å². The van der Waals surface area contributed by atoms with Gasteiger partial charge in [-0.15, -0.1) is 0 Å². The lowest BCUT2D eigenvalue weighted by Crippen LogP contribution is -2.46. The second-order valence-corrected chi connectivity index (χ2v) is 13.6. The lowest BCUT2D eigenvalue weighted by Gasteiger charge is -2.34. The molecule has 5 aromatic carbocycles. The van der Waals surface area contributed by atoms with E-state index in [4.69, 9.17) is 14.2 Å². The number of piperazine rings is 1. The monoisotopic (exact) mass is 666 g/mol. The van der Waals surface area contributed by atoms with E-state index in [2.05, 4.69) is 131 Å². The Morgan fingerprint density at radius 3 is 1.46 bits per heavy atom. The zero-order chi connectivity index (χ0) is 33.8. The first-order valence-electron chi connectivity index (χ1n) is 18.5. The van der Waals surface area contributed by atoms with Crippen LogP contribution in [0.4, 0.5) is 0 Å². The molecule has 5 nitrogen and oxygen atoms in total. The summed E-state index contributed by atoms with van der Waals surface area (Å²) in [5, 5.41) is 0. The molecule has 0 saturated carbocycles. The summed E-state index contributed by atoms with van der Waals surface area (Å²) < 4.78 is 19.2. The van der Waals surface area contributed by atoms with Crippen molar-refractivity contribution in [2.75, 3.05) is 45.9 Å². The number of hydrogen-bond donors (Lipinski definition) is 0. The van der Waals surface area contributed by atoms with Gasteiger partial charge in [-0.2, -0.15) is 0 Å². The van der Waals surface area contributed by atoms with Gasteiger partial charge < -0.3 is 24.0 Å². The minimum absolute atomic E-state index is 0.168. The first kappa shape index (κ1) is 34.2. The maximum Gasteiger partial charge on any atom is 0.185 e. The van der Waals surface area contributed by atoms with Crippen LogP contribution in [0.3, 0.4) is 0 Å². The summed E-state index contributed by atoms with van der Waals surface area (Å²) in [7, 11) is 0. The predicted molar refractivity (Wildman–Crippen MR) is 201 cm³/mol. The Morgan fingerprint density at radius 2 is 0.960 bits per heavy atom. The van der Waals surface area contributed by atoms with E-state index in [1.54, 1.807) is 0 Å². The third-order valence-corrected chi connectivity index (χ3v) is 10.2. The van der Waals surface area contributed by atoms with Gasteiger partial charge >= 0.3 is 0 Å². The molecule has 2 aliphatic rings. The van der Waals surface area contributed by atoms with Crippen LogP contribution in [-0.4, -0.2) is 55.7 Å². The zero-order valence-corrected chi connectivity index (χ0v) is 29.1. The van der Waals surface area contributed by atoms with Crippen LogP contribution in [0.5, 0.6) is 5.75 Å². The van der Waals surface area contributed by atoms with E-state index in [0.29, 0.717) is 12.5 Å². The van der Waals surface area contributed by atoms with Gasteiger partial charge in [0.1, 0.15) is 18.0 Å². The van der Waals surface area contributed by atoms with Crippen molar-refractivity contribution in [1.82, 2.24) is 9.80 Å². The van der Waals surface area contributed by atoms with Crippen molar-refractivity contribution < 1.29 is 14.2 Å². The molecule has 258 valence electrons. The third kappa shape index (κ3) is 9.09. The Hall–Kier alpha value is -4.26. The maximum atomic E-state index is 6.51. The lowest BCUT2D eigenvalue weighted by molar-refractivity contribution is -0.0698. The van der Waals surface area contributed by atoms with Crippen molar-refractivity contribution in [3.05, 3.63) is 173 Å². The van der Waals surface area contributed by atoms with Gasteiger partial charge in [-0.05, 0) is 60.2 Å². The van der Waals surface area contributed by atoms with Crippen LogP contribution in [0.2, 0.25) is 0 Å². The highest BCUT2D eigenvalue weighted by molar-refractivity contribution is 5.33. The van der Waals surface area contributed by atoms with E-state index in [1.165, 1.54) is 36.9 Å². The predicted octanol–water partition coefficient (Wildman–Crippen LogP) is 9.60. The highest BCUT2D eigenvalue weighted by Gasteiger charge is 2.38. The highest BCUT2D eigenvalue weighted by atomic mass is 16.7. The first-order chi connectivity index (χ1) is 24.8. The van der Waals surface area contributed by atoms with Crippen molar-refractivity contribution >= 4 is 0 Å². The second kappa shape index (κ2) is 17.6. The Kier molecular flexibility index (Phi) is 12.0. The van der Waals surface area contributed by atoms with Crippen molar-refractivity contribution in [3.8, 4) is 5.75 Å². The summed E-state index contributed by atoms with van der Waals surface area (Å²) in [4.78, 5) is 5.24. The largest absolute Gasteiger partial charge is 0.494 e. The molecule has 50 heavy (non-hydrogen) atoms. The number of ether oxygens (including phenoxy) is 3. The average Bonchev–Trinajstić information content (AvgIpc) is 3.64. The molecular weight excluding hydrogens is 617 g/mol. The Bertz CT molecular complexity index is 1590. The SMILES string of the molecule is c1ccc(C(CCCCN2CCN(CCCOc3ccc(C4O[C@H](c5ccccc5)[C@H](c5ccccc5)O4)cc3)CC2)c2ccccc2)cc1. The van der Waals surface area contributed by atoms with Gasteiger partial charge in [-0.3, -0.25) is 0 Å². The molecule has 0 amide bonds. The summed E-state index contributed by atoms with van der Waals surface area (Å²) in [6, 6.07) is 50.9. The molecule has 7 rings (SSSR count). The molecule has 0 aliphatic carbocycles. The number of unbranched alkanes of at least 4 members (excludes halogenated alkanes) is 1. The normalized spacial score (nSPS) is 19.9. The van der Waals surface area contributed by atoms with Gasteiger partial charge in [0.25, 0.3) is 0 Å². The van der Waals surface area contributed by atoms with Gasteiger partial charge in [-0.1, -0.05) is 140 Å². The molecule has 0 aromatic heterocycles. The van der Waals surface area contributed by atoms with Crippen molar-refractivity contribution in [3.63, 3.8) is 0 Å². The summed E-state index contributed by atoms with van der Waals surface area (Å²) in [6.07, 6.45) is 3.95. The summed E-state index contributed by atoms with van der Waals surface area (Å²) in [5.74, 6) is 1.36. The van der Waals surface area contributed by atoms with E-state index in [-0.39, 0.29) is 12.2 Å². The number of nitrogens with zero attached hydrogens (tertiary/aromatic N) is 2. The fraction of sp³-hybridized carbons (Fsp3) is 0.333. The van der Waals surface area contributed by atoms with Gasteiger partial charge in [0, 0.05) is 44.2 Å². The summed E-state index contributed by atoms with van der Waals surface area (Å²) in [5.41, 5.74) is 6.10. The van der Waals surface area contributed by atoms with E-state index in [9.17, 15) is 0 Å². The van der Waals surface area contributed by atoms with E-state index < -0.39 is 6.29 Å². The molecule has 2 saturated heterocycles. The minimum atomic E-state index is -0.432. The van der Waals surface area contributed by atoms with E-state index in [1.807, 2.05) is 24.3 Å². The van der Waals surface area contributed by atoms with Crippen LogP contribution < -0.4 is 4.74 Å². The van der Waals surface area contributed by atoms with Gasteiger partial charge in [0.15, 0.2) is 6.29 Å². The lowest BCUT2D eigenvalue weighted by atomic mass is 9.87. The van der Waals surface area contributed by atoms with Crippen LogP contribution in [0, 0.1) is 0 Å². The highest BCUT2D eigenvalue weighted by Crippen LogP contribution is 2.48. The smallest absolute Gasteiger partial charge is 0.185 e. The molecule has 0 bridgehead atoms. The fourth-order valence-electron chi connectivity index (χ4n) is 7.41. The molecule has 2 heterocycles. The maximum absolute atomic E-state index is 6.51. The topological polar surface area (TPSA) is 34.2 Å². The molecule has 2 aliphatic heterocycles. The quantitative estimate of drug-likeness (QED) is 0.104. The summed E-state index contributed by atoms with van der Waals surface area (Å²) in [6.45, 7) is 7.58. The number of benzene rings is 5. The second-order valence-electron chi connectivity index (χ2n) is 13.6. The summed E-state index contributed by atoms with van der Waals surface area (Å²) >= 11 is 0. The van der Waals surface area contributed by atoms with Crippen LogP contribution in [0.1, 0.15) is 77.9 Å². The molecule has 1 unspecified atom stereocenters. The number of hydrogen-bond acceptors (Lipinski definition) is 5. The van der Waals surface area contributed by atoms with Crippen molar-refractivity contribution in [2.24, 2.45) is 0 Å². The fourth-order valence-corrected chi connectivity index (χ4v) is 7.41. The van der Waals surface area contributed by atoms with Crippen LogP contribution in [0.25, 0.3) is 0 Å². The average molecular weight is 667 g/mol. The van der Waals surface area contributed by atoms with Crippen molar-refractivity contribution in [2.45, 2.75) is 50.1 Å². The molecule has 0 radical (unpaired) electrons. The van der Waals surface area contributed by atoms with E-state index in [0.717, 1.165) is 61.6 Å². The van der Waals surface area contributed by atoms with E-state index >= 15 is 0 Å². The molecule has 2 fully saturated rings.